The summed E-state index contributed by atoms with van der Waals surface area (Å²) in [6.45, 7) is 7.48. The van der Waals surface area contributed by atoms with Gasteiger partial charge in [-0.05, 0) is 30.5 Å². The van der Waals surface area contributed by atoms with Crippen LogP contribution in [0.1, 0.15) is 36.7 Å². The summed E-state index contributed by atoms with van der Waals surface area (Å²) in [4.78, 5) is 25.3. The maximum Gasteiger partial charge on any atom is 0.415 e. The molecule has 5 nitrogen and oxygen atoms in total. The smallest absolute Gasteiger partial charge is 0.415 e. The number of benzene rings is 2. The Kier molecular flexibility index (Phi) is 7.21. The normalized spacial score (nSPS) is 10.5. The molecule has 0 fully saturated rings. The summed E-state index contributed by atoms with van der Waals surface area (Å²) in [7, 11) is 0. The summed E-state index contributed by atoms with van der Waals surface area (Å²) in [5, 5.41) is 0. The van der Waals surface area contributed by atoms with Crippen molar-refractivity contribution >= 4 is 12.4 Å². The van der Waals surface area contributed by atoms with Crippen LogP contribution < -0.4 is 9.47 Å². The fourth-order valence-electron chi connectivity index (χ4n) is 2.46. The molecule has 1 amide bonds. The average Bonchev–Trinajstić information content (AvgIpc) is 2.65. The molecule has 0 saturated carbocycles. The summed E-state index contributed by atoms with van der Waals surface area (Å²) in [5.41, 5.74) is 1.34. The number of carbonyl (C=O) groups excluding carboxylic acids is 2. The first-order valence-electron chi connectivity index (χ1n) is 8.76. The standard InChI is InChI=1S/C21H25NO4/c1-4-22(13-16(2)3)21(24)26-20-12-19(11-10-18(20)14-23)25-15-17-8-6-5-7-9-17/h5-12,14,16H,4,13,15H2,1-3H3. The van der Waals surface area contributed by atoms with Crippen LogP contribution in [0.3, 0.4) is 0 Å². The second-order valence-corrected chi connectivity index (χ2v) is 6.39. The van der Waals surface area contributed by atoms with Gasteiger partial charge in [-0.2, -0.15) is 0 Å². The number of hydrogen-bond acceptors (Lipinski definition) is 4. The molecule has 5 heteroatoms. The van der Waals surface area contributed by atoms with Gasteiger partial charge in [-0.15, -0.1) is 0 Å². The molecule has 0 N–H and O–H groups in total. The van der Waals surface area contributed by atoms with Crippen LogP contribution in [-0.2, 0) is 6.61 Å². The Labute approximate surface area is 154 Å². The molecule has 0 radical (unpaired) electrons. The Hall–Kier alpha value is -2.82. The molecule has 138 valence electrons. The topological polar surface area (TPSA) is 55.8 Å². The van der Waals surface area contributed by atoms with Crippen molar-refractivity contribution in [3.63, 3.8) is 0 Å². The van der Waals surface area contributed by atoms with Gasteiger partial charge in [0.2, 0.25) is 0 Å². The Morgan fingerprint density at radius 1 is 1.15 bits per heavy atom. The van der Waals surface area contributed by atoms with Crippen molar-refractivity contribution in [2.75, 3.05) is 13.1 Å². The predicted molar refractivity (Wildman–Crippen MR) is 101 cm³/mol. The molecule has 26 heavy (non-hydrogen) atoms. The van der Waals surface area contributed by atoms with Gasteiger partial charge in [-0.25, -0.2) is 4.79 Å². The third-order valence-electron chi connectivity index (χ3n) is 3.78. The number of rotatable bonds is 8. The van der Waals surface area contributed by atoms with E-state index >= 15 is 0 Å². The maximum atomic E-state index is 12.4. The molecule has 0 heterocycles. The highest BCUT2D eigenvalue weighted by atomic mass is 16.6. The summed E-state index contributed by atoms with van der Waals surface area (Å²) >= 11 is 0. The second kappa shape index (κ2) is 9.61. The van der Waals surface area contributed by atoms with Crippen molar-refractivity contribution in [1.29, 1.82) is 0 Å². The lowest BCUT2D eigenvalue weighted by atomic mass is 10.2. The first kappa shape index (κ1) is 19.5. The van der Waals surface area contributed by atoms with Crippen LogP contribution in [-0.4, -0.2) is 30.4 Å². The second-order valence-electron chi connectivity index (χ2n) is 6.39. The van der Waals surface area contributed by atoms with E-state index in [9.17, 15) is 9.59 Å². The van der Waals surface area contributed by atoms with E-state index in [0.29, 0.717) is 43.2 Å². The number of amides is 1. The summed E-state index contributed by atoms with van der Waals surface area (Å²) in [5.74, 6) is 1.07. The van der Waals surface area contributed by atoms with E-state index in [4.69, 9.17) is 9.47 Å². The first-order valence-corrected chi connectivity index (χ1v) is 8.76. The fraction of sp³-hybridized carbons (Fsp3) is 0.333. The predicted octanol–water partition coefficient (Wildman–Crippen LogP) is 4.55. The third kappa shape index (κ3) is 5.62. The quantitative estimate of drug-likeness (QED) is 0.652. The van der Waals surface area contributed by atoms with Crippen molar-refractivity contribution in [2.24, 2.45) is 5.92 Å². The number of nitrogens with zero attached hydrogens (tertiary/aromatic N) is 1. The van der Waals surface area contributed by atoms with Crippen LogP contribution in [0.5, 0.6) is 11.5 Å². The van der Waals surface area contributed by atoms with Gasteiger partial charge >= 0.3 is 6.09 Å². The van der Waals surface area contributed by atoms with Gasteiger partial charge in [0.15, 0.2) is 6.29 Å². The van der Waals surface area contributed by atoms with Crippen molar-refractivity contribution in [3.8, 4) is 11.5 Å². The van der Waals surface area contributed by atoms with Gasteiger partial charge in [-0.1, -0.05) is 44.2 Å². The van der Waals surface area contributed by atoms with Crippen LogP contribution in [0.2, 0.25) is 0 Å². The van der Waals surface area contributed by atoms with E-state index in [1.807, 2.05) is 51.1 Å². The van der Waals surface area contributed by atoms with Gasteiger partial charge in [0.1, 0.15) is 18.1 Å². The Morgan fingerprint density at radius 3 is 2.50 bits per heavy atom. The lowest BCUT2D eigenvalue weighted by Gasteiger charge is -2.22. The van der Waals surface area contributed by atoms with Crippen molar-refractivity contribution < 1.29 is 19.1 Å². The molecule has 0 saturated heterocycles. The van der Waals surface area contributed by atoms with E-state index in [-0.39, 0.29) is 5.75 Å². The zero-order chi connectivity index (χ0) is 18.9. The Balaban J connectivity index is 2.10. The van der Waals surface area contributed by atoms with Crippen molar-refractivity contribution in [2.45, 2.75) is 27.4 Å². The largest absolute Gasteiger partial charge is 0.489 e. The van der Waals surface area contributed by atoms with Crippen LogP contribution in [0, 0.1) is 5.92 Å². The highest BCUT2D eigenvalue weighted by Crippen LogP contribution is 2.25. The SMILES string of the molecule is CCN(CC(C)C)C(=O)Oc1cc(OCc2ccccc2)ccc1C=O. The summed E-state index contributed by atoms with van der Waals surface area (Å²) in [6.07, 6.45) is 0.201. The molecule has 2 rings (SSSR count). The highest BCUT2D eigenvalue weighted by Gasteiger charge is 2.17. The molecule has 0 aromatic heterocycles. The molecular formula is C21H25NO4. The van der Waals surface area contributed by atoms with E-state index < -0.39 is 6.09 Å². The zero-order valence-electron chi connectivity index (χ0n) is 15.5. The molecule has 0 aliphatic heterocycles. The van der Waals surface area contributed by atoms with E-state index in [0.717, 1.165) is 5.56 Å². The molecule has 2 aromatic carbocycles. The lowest BCUT2D eigenvalue weighted by molar-refractivity contribution is 0.111. The number of aldehydes is 1. The molecule has 0 aliphatic carbocycles. The average molecular weight is 355 g/mol. The number of carbonyl (C=O) groups is 2. The Bertz CT molecular complexity index is 728. The molecule has 0 spiro atoms. The zero-order valence-corrected chi connectivity index (χ0v) is 15.5. The summed E-state index contributed by atoms with van der Waals surface area (Å²) in [6, 6.07) is 14.6. The number of hydrogen-bond donors (Lipinski definition) is 0. The molecule has 0 aliphatic rings. The van der Waals surface area contributed by atoms with E-state index in [1.54, 1.807) is 23.1 Å². The molecule has 0 unspecified atom stereocenters. The highest BCUT2D eigenvalue weighted by molar-refractivity contribution is 5.82. The third-order valence-corrected chi connectivity index (χ3v) is 3.78. The minimum absolute atomic E-state index is 0.206. The van der Waals surface area contributed by atoms with Crippen LogP contribution in [0.15, 0.2) is 48.5 Å². The van der Waals surface area contributed by atoms with Gasteiger partial charge in [0.25, 0.3) is 0 Å². The van der Waals surface area contributed by atoms with Gasteiger partial charge in [-0.3, -0.25) is 4.79 Å². The molecule has 0 atom stereocenters. The summed E-state index contributed by atoms with van der Waals surface area (Å²) < 4.78 is 11.2. The molecular weight excluding hydrogens is 330 g/mol. The first-order chi connectivity index (χ1) is 12.5. The lowest BCUT2D eigenvalue weighted by Crippen LogP contribution is -2.36. The van der Waals surface area contributed by atoms with Crippen LogP contribution >= 0.6 is 0 Å². The number of ether oxygens (including phenoxy) is 2. The molecule has 0 bridgehead atoms. The monoisotopic (exact) mass is 355 g/mol. The van der Waals surface area contributed by atoms with Crippen LogP contribution in [0.25, 0.3) is 0 Å². The fourth-order valence-corrected chi connectivity index (χ4v) is 2.46. The van der Waals surface area contributed by atoms with E-state index in [2.05, 4.69) is 0 Å². The van der Waals surface area contributed by atoms with E-state index in [1.165, 1.54) is 0 Å². The maximum absolute atomic E-state index is 12.4. The van der Waals surface area contributed by atoms with Gasteiger partial charge in [0, 0.05) is 19.2 Å². The van der Waals surface area contributed by atoms with Crippen molar-refractivity contribution in [1.82, 2.24) is 4.90 Å². The van der Waals surface area contributed by atoms with Gasteiger partial charge in [0.05, 0.1) is 5.56 Å². The Morgan fingerprint density at radius 2 is 1.88 bits per heavy atom. The van der Waals surface area contributed by atoms with Gasteiger partial charge < -0.3 is 14.4 Å². The minimum atomic E-state index is -0.468. The van der Waals surface area contributed by atoms with Crippen LogP contribution in [0.4, 0.5) is 4.79 Å². The molecule has 2 aromatic rings. The van der Waals surface area contributed by atoms with Crippen molar-refractivity contribution in [3.05, 3.63) is 59.7 Å². The minimum Gasteiger partial charge on any atom is -0.489 e.